The van der Waals surface area contributed by atoms with Crippen molar-refractivity contribution in [2.24, 2.45) is 5.92 Å². The smallest absolute Gasteiger partial charge is 0.272 e. The Bertz CT molecular complexity index is 491. The molecule has 108 valence electrons. The Morgan fingerprint density at radius 1 is 1.45 bits per heavy atom. The highest BCUT2D eigenvalue weighted by Gasteiger charge is 2.27. The minimum Gasteiger partial charge on any atom is -0.336 e. The minimum atomic E-state index is -0.0600. The van der Waals surface area contributed by atoms with Gasteiger partial charge in [-0.1, -0.05) is 33.8 Å². The van der Waals surface area contributed by atoms with E-state index in [0.717, 1.165) is 12.1 Å². The van der Waals surface area contributed by atoms with E-state index in [9.17, 15) is 4.79 Å². The normalized spacial score (nSPS) is 17.4. The van der Waals surface area contributed by atoms with Gasteiger partial charge in [0.1, 0.15) is 5.69 Å². The zero-order valence-electron chi connectivity index (χ0n) is 12.8. The van der Waals surface area contributed by atoms with Gasteiger partial charge in [0, 0.05) is 18.8 Å². The van der Waals surface area contributed by atoms with Crippen LogP contribution in [0.25, 0.3) is 0 Å². The number of likely N-dealkylation sites (tertiary alicyclic amines) is 1. The van der Waals surface area contributed by atoms with Crippen LogP contribution in [-0.2, 0) is 0 Å². The van der Waals surface area contributed by atoms with Gasteiger partial charge in [0.05, 0.1) is 12.0 Å². The van der Waals surface area contributed by atoms with Crippen LogP contribution < -0.4 is 0 Å². The lowest BCUT2D eigenvalue weighted by Crippen LogP contribution is -2.29. The topological polar surface area (TPSA) is 57.0 Å². The van der Waals surface area contributed by atoms with Crippen LogP contribution in [0.2, 0.25) is 0 Å². The molecule has 1 aliphatic heterocycles. The van der Waals surface area contributed by atoms with E-state index in [4.69, 9.17) is 5.26 Å². The number of rotatable bonds is 2. The average molecular weight is 273 g/mol. The van der Waals surface area contributed by atoms with E-state index in [1.807, 2.05) is 26.0 Å². The largest absolute Gasteiger partial charge is 0.336 e. The molecule has 0 spiro atoms. The summed E-state index contributed by atoms with van der Waals surface area (Å²) in [7, 11) is 0. The monoisotopic (exact) mass is 273 g/mol. The number of hydrogen-bond donors (Lipinski definition) is 0. The second-order valence-electron chi connectivity index (χ2n) is 4.97. The lowest BCUT2D eigenvalue weighted by atomic mass is 10.1. The first-order valence-electron chi connectivity index (χ1n) is 7.27. The molecule has 1 aliphatic rings. The van der Waals surface area contributed by atoms with Crippen molar-refractivity contribution in [2.45, 2.75) is 40.0 Å². The zero-order valence-corrected chi connectivity index (χ0v) is 12.8. The van der Waals surface area contributed by atoms with E-state index in [2.05, 4.69) is 24.9 Å². The molecule has 0 saturated carbocycles. The van der Waals surface area contributed by atoms with Crippen LogP contribution >= 0.6 is 0 Å². The van der Waals surface area contributed by atoms with Crippen LogP contribution in [0.3, 0.4) is 0 Å². The van der Waals surface area contributed by atoms with E-state index < -0.39 is 0 Å². The molecule has 4 heteroatoms. The molecule has 1 fully saturated rings. The standard InChI is InChI=1S/C14H17N3O.C2H6/c1-10(2)12-4-3-5-13(16-12)14(18)17-7-6-11(8-15)9-17;1-2/h3-5,10-11H,6-7,9H2,1-2H3;1-2H3. The summed E-state index contributed by atoms with van der Waals surface area (Å²) in [4.78, 5) is 18.4. The number of nitrogens with zero attached hydrogens (tertiary/aromatic N) is 3. The summed E-state index contributed by atoms with van der Waals surface area (Å²) >= 11 is 0. The van der Waals surface area contributed by atoms with Crippen LogP contribution in [0.15, 0.2) is 18.2 Å². The number of hydrogen-bond acceptors (Lipinski definition) is 3. The fourth-order valence-corrected chi connectivity index (χ4v) is 2.10. The van der Waals surface area contributed by atoms with Gasteiger partial charge in [-0.3, -0.25) is 4.79 Å². The molecular formula is C16H23N3O. The van der Waals surface area contributed by atoms with Gasteiger partial charge >= 0.3 is 0 Å². The van der Waals surface area contributed by atoms with Crippen molar-refractivity contribution >= 4 is 5.91 Å². The third-order valence-electron chi connectivity index (χ3n) is 3.24. The minimum absolute atomic E-state index is 0.0257. The third-order valence-corrected chi connectivity index (χ3v) is 3.24. The van der Waals surface area contributed by atoms with Crippen molar-refractivity contribution in [3.63, 3.8) is 0 Å². The number of aromatic nitrogens is 1. The lowest BCUT2D eigenvalue weighted by molar-refractivity contribution is 0.0784. The van der Waals surface area contributed by atoms with Gasteiger partial charge in [-0.15, -0.1) is 0 Å². The molecule has 2 heterocycles. The summed E-state index contributed by atoms with van der Waals surface area (Å²) in [6, 6.07) is 7.76. The van der Waals surface area contributed by atoms with Crippen molar-refractivity contribution < 1.29 is 4.79 Å². The molecule has 0 bridgehead atoms. The van der Waals surface area contributed by atoms with Gasteiger partial charge < -0.3 is 4.90 Å². The highest BCUT2D eigenvalue weighted by molar-refractivity contribution is 5.92. The molecule has 0 aliphatic carbocycles. The maximum Gasteiger partial charge on any atom is 0.272 e. The summed E-state index contributed by atoms with van der Waals surface area (Å²) in [5.41, 5.74) is 1.41. The maximum absolute atomic E-state index is 12.2. The van der Waals surface area contributed by atoms with E-state index in [-0.39, 0.29) is 11.8 Å². The van der Waals surface area contributed by atoms with Crippen LogP contribution in [0.1, 0.15) is 56.2 Å². The number of carbonyl (C=O) groups is 1. The molecule has 20 heavy (non-hydrogen) atoms. The Morgan fingerprint density at radius 3 is 2.70 bits per heavy atom. The molecule has 1 amide bonds. The molecule has 0 radical (unpaired) electrons. The molecule has 2 rings (SSSR count). The Balaban J connectivity index is 0.000000956. The predicted molar refractivity (Wildman–Crippen MR) is 79.3 cm³/mol. The number of carbonyl (C=O) groups excluding carboxylic acids is 1. The quantitative estimate of drug-likeness (QED) is 0.831. The summed E-state index contributed by atoms with van der Waals surface area (Å²) in [6.07, 6.45) is 0.770. The Hall–Kier alpha value is -1.89. The highest BCUT2D eigenvalue weighted by atomic mass is 16.2. The van der Waals surface area contributed by atoms with Gasteiger partial charge in [0.2, 0.25) is 0 Å². The van der Waals surface area contributed by atoms with E-state index in [1.165, 1.54) is 0 Å². The second kappa shape index (κ2) is 7.64. The summed E-state index contributed by atoms with van der Waals surface area (Å²) in [5.74, 6) is 0.223. The molecule has 1 aromatic rings. The van der Waals surface area contributed by atoms with Crippen LogP contribution in [0.5, 0.6) is 0 Å². The Labute approximate surface area is 121 Å². The van der Waals surface area contributed by atoms with Gasteiger partial charge in [-0.25, -0.2) is 4.98 Å². The molecule has 1 saturated heterocycles. The van der Waals surface area contributed by atoms with Crippen molar-refractivity contribution in [1.82, 2.24) is 9.88 Å². The van der Waals surface area contributed by atoms with Gasteiger partial charge in [0.15, 0.2) is 0 Å². The Kier molecular flexibility index (Phi) is 6.17. The second-order valence-corrected chi connectivity index (χ2v) is 4.97. The van der Waals surface area contributed by atoms with Gasteiger partial charge in [-0.2, -0.15) is 5.26 Å². The first kappa shape index (κ1) is 16.2. The zero-order chi connectivity index (χ0) is 15.1. The fraction of sp³-hybridized carbons (Fsp3) is 0.562. The fourth-order valence-electron chi connectivity index (χ4n) is 2.10. The number of nitriles is 1. The first-order valence-corrected chi connectivity index (χ1v) is 7.27. The van der Waals surface area contributed by atoms with E-state index in [0.29, 0.717) is 24.7 Å². The predicted octanol–water partition coefficient (Wildman–Crippen LogP) is 3.22. The van der Waals surface area contributed by atoms with Crippen molar-refractivity contribution in [2.75, 3.05) is 13.1 Å². The van der Waals surface area contributed by atoms with Crippen molar-refractivity contribution in [3.05, 3.63) is 29.6 Å². The highest BCUT2D eigenvalue weighted by Crippen LogP contribution is 2.18. The third kappa shape index (κ3) is 3.80. The molecule has 1 aromatic heterocycles. The Morgan fingerprint density at radius 2 is 2.15 bits per heavy atom. The molecule has 1 unspecified atom stereocenters. The van der Waals surface area contributed by atoms with Gasteiger partial charge in [0.25, 0.3) is 5.91 Å². The lowest BCUT2D eigenvalue weighted by Gasteiger charge is -2.15. The van der Waals surface area contributed by atoms with Crippen LogP contribution in [0.4, 0.5) is 0 Å². The summed E-state index contributed by atoms with van der Waals surface area (Å²) in [6.45, 7) is 9.30. The number of amides is 1. The maximum atomic E-state index is 12.2. The van der Waals surface area contributed by atoms with Gasteiger partial charge in [-0.05, 0) is 24.5 Å². The molecule has 4 nitrogen and oxygen atoms in total. The molecule has 0 aromatic carbocycles. The van der Waals surface area contributed by atoms with Crippen LogP contribution in [0, 0.1) is 17.2 Å². The SMILES string of the molecule is CC.CC(C)c1cccc(C(=O)N2CCC(C#N)C2)n1. The number of pyridine rings is 1. The van der Waals surface area contributed by atoms with Crippen LogP contribution in [-0.4, -0.2) is 28.9 Å². The van der Waals surface area contributed by atoms with Crippen molar-refractivity contribution in [1.29, 1.82) is 5.26 Å². The average Bonchev–Trinajstić information content (AvgIpc) is 2.97. The summed E-state index contributed by atoms with van der Waals surface area (Å²) < 4.78 is 0. The molecular weight excluding hydrogens is 250 g/mol. The van der Waals surface area contributed by atoms with E-state index >= 15 is 0 Å². The summed E-state index contributed by atoms with van der Waals surface area (Å²) in [5, 5.41) is 8.85. The van der Waals surface area contributed by atoms with Crippen molar-refractivity contribution in [3.8, 4) is 6.07 Å². The molecule has 0 N–H and O–H groups in total. The van der Waals surface area contributed by atoms with E-state index in [1.54, 1.807) is 11.0 Å². The molecule has 1 atom stereocenters. The first-order chi connectivity index (χ1) is 9.61.